The molecule has 0 radical (unpaired) electrons. The summed E-state index contributed by atoms with van der Waals surface area (Å²) in [6, 6.07) is 6.84. The number of rotatable bonds is 0. The van der Waals surface area contributed by atoms with Crippen molar-refractivity contribution in [1.29, 1.82) is 0 Å². The molecule has 0 atom stereocenters. The van der Waals surface area contributed by atoms with Gasteiger partial charge in [-0.3, -0.25) is 9.59 Å². The number of hydrogen-bond acceptors (Lipinski definition) is 4. The lowest BCUT2D eigenvalue weighted by molar-refractivity contribution is 0.0994. The number of thiol groups is 1. The molecule has 2 rings (SSSR count). The van der Waals surface area contributed by atoms with Crippen molar-refractivity contribution in [2.75, 3.05) is 0 Å². The van der Waals surface area contributed by atoms with Gasteiger partial charge in [-0.25, -0.2) is 8.42 Å². The molecule has 0 spiro atoms. The zero-order chi connectivity index (χ0) is 12.1. The largest absolute Gasteiger partial charge is 0.289 e. The molecule has 0 aliphatic heterocycles. The van der Waals surface area contributed by atoms with E-state index in [1.807, 2.05) is 0 Å². The van der Waals surface area contributed by atoms with Crippen molar-refractivity contribution in [3.8, 4) is 0 Å². The van der Waals surface area contributed by atoms with E-state index in [4.69, 9.17) is 8.42 Å². The van der Waals surface area contributed by atoms with Crippen LogP contribution in [0, 0.1) is 0 Å². The number of benzene rings is 1. The summed E-state index contributed by atoms with van der Waals surface area (Å²) in [5.74, 6) is -0.185. The molecule has 0 aromatic heterocycles. The lowest BCUT2D eigenvalue weighted by Gasteiger charge is -2.06. The topological polar surface area (TPSA) is 68.3 Å². The van der Waals surface area contributed by atoms with Gasteiger partial charge in [-0.2, -0.15) is 0 Å². The first kappa shape index (κ1) is 12.6. The second-order valence-electron chi connectivity index (χ2n) is 2.82. The number of hydrogen-bond donors (Lipinski definition) is 1. The van der Waals surface area contributed by atoms with Crippen molar-refractivity contribution in [3.05, 3.63) is 47.5 Å². The monoisotopic (exact) mass is 258 g/mol. The van der Waals surface area contributed by atoms with Crippen LogP contribution in [0.1, 0.15) is 20.7 Å². The van der Waals surface area contributed by atoms with Gasteiger partial charge in [-0.15, -0.1) is 0 Å². The minimum Gasteiger partial charge on any atom is -0.289 e. The highest BCUT2D eigenvalue weighted by molar-refractivity contribution is 7.98. The Labute approximate surface area is 98.0 Å². The second-order valence-corrected chi connectivity index (χ2v) is 4.07. The third-order valence-corrected chi connectivity index (χ3v) is 1.84. The Morgan fingerprint density at radius 3 is 1.50 bits per heavy atom. The Hall–Kier alpha value is -1.46. The summed E-state index contributed by atoms with van der Waals surface area (Å²) in [4.78, 5) is 22.4. The third-order valence-electron chi connectivity index (χ3n) is 1.84. The standard InChI is InChI=1S/C10H6O2.ClHO2S/c11-9-5-6-10(12)8-4-2-1-3-7(8)9;1-4(2)3/h1-6H;4H. The van der Waals surface area contributed by atoms with Gasteiger partial charge in [-0.05, 0) is 12.2 Å². The number of carbonyl (C=O) groups is 2. The molecule has 1 aromatic carbocycles. The van der Waals surface area contributed by atoms with Crippen LogP contribution >= 0.6 is 10.7 Å². The van der Waals surface area contributed by atoms with E-state index in [1.54, 1.807) is 24.3 Å². The zero-order valence-electron chi connectivity index (χ0n) is 7.92. The van der Waals surface area contributed by atoms with Crippen LogP contribution in [-0.2, 0) is 9.92 Å². The van der Waals surface area contributed by atoms with Gasteiger partial charge < -0.3 is 0 Å². The molecule has 0 saturated heterocycles. The number of halogens is 1. The smallest absolute Gasteiger partial charge is 0.222 e. The lowest BCUT2D eigenvalue weighted by Crippen LogP contribution is -2.10. The highest BCUT2D eigenvalue weighted by Gasteiger charge is 2.16. The molecule has 1 aliphatic rings. The van der Waals surface area contributed by atoms with Gasteiger partial charge in [0.25, 0.3) is 0 Å². The van der Waals surface area contributed by atoms with E-state index in [1.165, 1.54) is 12.2 Å². The molecule has 6 heteroatoms. The highest BCUT2D eigenvalue weighted by atomic mass is 35.7. The maximum absolute atomic E-state index is 11.2. The van der Waals surface area contributed by atoms with Crippen LogP contribution in [0.2, 0.25) is 0 Å². The Balaban J connectivity index is 0.000000280. The number of ketones is 2. The van der Waals surface area contributed by atoms with Gasteiger partial charge in [0, 0.05) is 21.8 Å². The molecule has 4 nitrogen and oxygen atoms in total. The molecule has 0 amide bonds. The van der Waals surface area contributed by atoms with E-state index in [9.17, 15) is 9.59 Å². The van der Waals surface area contributed by atoms with Crippen molar-refractivity contribution in [3.63, 3.8) is 0 Å². The fourth-order valence-corrected chi connectivity index (χ4v) is 1.24. The Bertz CT molecular complexity index is 486. The average molecular weight is 259 g/mol. The quantitative estimate of drug-likeness (QED) is 0.564. The minimum atomic E-state index is -2.65. The molecule has 0 bridgehead atoms. The van der Waals surface area contributed by atoms with Gasteiger partial charge in [-0.1, -0.05) is 24.3 Å². The van der Waals surface area contributed by atoms with E-state index >= 15 is 0 Å². The molecule has 1 aliphatic carbocycles. The Kier molecular flexibility index (Phi) is 4.39. The van der Waals surface area contributed by atoms with Gasteiger partial charge in [0.1, 0.15) is 0 Å². The van der Waals surface area contributed by atoms with Crippen LogP contribution in [0.4, 0.5) is 0 Å². The first-order valence-electron chi connectivity index (χ1n) is 4.18. The van der Waals surface area contributed by atoms with Crippen LogP contribution in [0.15, 0.2) is 36.4 Å². The van der Waals surface area contributed by atoms with E-state index in [0.29, 0.717) is 11.1 Å². The fourth-order valence-electron chi connectivity index (χ4n) is 1.24. The Morgan fingerprint density at radius 2 is 1.19 bits per heavy atom. The minimum absolute atomic E-state index is 0.0924. The molecular formula is C10H7ClO4S. The summed E-state index contributed by atoms with van der Waals surface area (Å²) >= 11 is 0. The maximum atomic E-state index is 11.2. The van der Waals surface area contributed by atoms with Gasteiger partial charge in [0.05, 0.1) is 0 Å². The van der Waals surface area contributed by atoms with Crippen molar-refractivity contribution in [2.45, 2.75) is 0 Å². The van der Waals surface area contributed by atoms with Crippen LogP contribution in [0.3, 0.4) is 0 Å². The van der Waals surface area contributed by atoms with Crippen LogP contribution in [0.25, 0.3) is 0 Å². The van der Waals surface area contributed by atoms with Crippen LogP contribution in [-0.4, -0.2) is 20.0 Å². The fraction of sp³-hybridized carbons (Fsp3) is 0. The summed E-state index contributed by atoms with van der Waals surface area (Å²) in [7, 11) is 1.58. The number of allylic oxidation sites excluding steroid dienone is 2. The first-order valence-corrected chi connectivity index (χ1v) is 6.26. The number of fused-ring (bicyclic) bond motifs is 1. The molecule has 0 N–H and O–H groups in total. The molecule has 0 saturated carbocycles. The predicted molar refractivity (Wildman–Crippen MR) is 60.4 cm³/mol. The van der Waals surface area contributed by atoms with E-state index in [0.717, 1.165) is 0 Å². The summed E-state index contributed by atoms with van der Waals surface area (Å²) in [6.07, 6.45) is 2.62. The summed E-state index contributed by atoms with van der Waals surface area (Å²) in [5.41, 5.74) is 1.01. The molecule has 84 valence electrons. The molecular weight excluding hydrogens is 252 g/mol. The van der Waals surface area contributed by atoms with E-state index in [-0.39, 0.29) is 11.6 Å². The molecule has 0 fully saturated rings. The SMILES string of the molecule is O=C1C=CC(=O)c2ccccc21.O=[SH](=O)Cl. The van der Waals surface area contributed by atoms with Gasteiger partial charge in [0.2, 0.25) is 9.92 Å². The van der Waals surface area contributed by atoms with Gasteiger partial charge >= 0.3 is 0 Å². The first-order chi connectivity index (χ1) is 7.52. The molecule has 1 aromatic rings. The third kappa shape index (κ3) is 3.29. The summed E-state index contributed by atoms with van der Waals surface area (Å²) < 4.78 is 17.6. The van der Waals surface area contributed by atoms with Gasteiger partial charge in [0.15, 0.2) is 11.6 Å². The Morgan fingerprint density at radius 1 is 0.875 bits per heavy atom. The summed E-state index contributed by atoms with van der Waals surface area (Å²) in [5, 5.41) is 0. The van der Waals surface area contributed by atoms with E-state index in [2.05, 4.69) is 10.7 Å². The van der Waals surface area contributed by atoms with Crippen LogP contribution < -0.4 is 0 Å². The van der Waals surface area contributed by atoms with Crippen molar-refractivity contribution in [2.24, 2.45) is 0 Å². The molecule has 16 heavy (non-hydrogen) atoms. The van der Waals surface area contributed by atoms with E-state index < -0.39 is 9.92 Å². The molecule has 0 unspecified atom stereocenters. The zero-order valence-corrected chi connectivity index (χ0v) is 9.57. The number of carbonyl (C=O) groups excluding carboxylic acids is 2. The normalized spacial score (nSPS) is 13.1. The van der Waals surface area contributed by atoms with Crippen molar-refractivity contribution in [1.82, 2.24) is 0 Å². The van der Waals surface area contributed by atoms with Crippen molar-refractivity contribution < 1.29 is 18.0 Å². The van der Waals surface area contributed by atoms with Crippen molar-refractivity contribution >= 4 is 32.2 Å². The highest BCUT2D eigenvalue weighted by Crippen LogP contribution is 2.15. The maximum Gasteiger partial charge on any atom is 0.222 e. The molecule has 0 heterocycles. The van der Waals surface area contributed by atoms with Crippen LogP contribution in [0.5, 0.6) is 0 Å². The lowest BCUT2D eigenvalue weighted by atomic mass is 9.95. The summed E-state index contributed by atoms with van der Waals surface area (Å²) in [6.45, 7) is 0. The average Bonchev–Trinajstić information content (AvgIpc) is 2.23. The predicted octanol–water partition coefficient (Wildman–Crippen LogP) is 1.37. The second kappa shape index (κ2) is 5.58.